The Bertz CT molecular complexity index is 1050. The smallest absolute Gasteiger partial charge is 0.326 e. The molecule has 0 fully saturated rings. The van der Waals surface area contributed by atoms with E-state index in [9.17, 15) is 4.79 Å². The van der Waals surface area contributed by atoms with Gasteiger partial charge in [-0.15, -0.1) is 0 Å². The van der Waals surface area contributed by atoms with Crippen molar-refractivity contribution in [1.82, 2.24) is 10.3 Å². The minimum Gasteiger partial charge on any atom is -0.491 e. The second-order valence-electron chi connectivity index (χ2n) is 7.89. The fraction of sp³-hybridized carbons (Fsp3) is 0.400. The molecule has 0 radical (unpaired) electrons. The van der Waals surface area contributed by atoms with Gasteiger partial charge in [-0.05, 0) is 42.7 Å². The first-order valence-electron chi connectivity index (χ1n) is 10.9. The zero-order valence-electron chi connectivity index (χ0n) is 18.4. The van der Waals surface area contributed by atoms with Crippen molar-refractivity contribution in [2.75, 3.05) is 26.9 Å². The van der Waals surface area contributed by atoms with E-state index in [1.165, 1.54) is 0 Å². The van der Waals surface area contributed by atoms with E-state index in [0.717, 1.165) is 33.5 Å². The highest BCUT2D eigenvalue weighted by Gasteiger charge is 2.46. The van der Waals surface area contributed by atoms with Crippen LogP contribution in [0.3, 0.4) is 0 Å². The van der Waals surface area contributed by atoms with Crippen LogP contribution in [0.5, 0.6) is 5.75 Å². The molecule has 164 valence electrons. The number of aromatic amines is 1. The summed E-state index contributed by atoms with van der Waals surface area (Å²) in [5.41, 5.74) is 3.57. The van der Waals surface area contributed by atoms with Gasteiger partial charge in [0.1, 0.15) is 17.9 Å². The summed E-state index contributed by atoms with van der Waals surface area (Å²) in [5.74, 6) is 0.588. The van der Waals surface area contributed by atoms with Gasteiger partial charge in [0, 0.05) is 30.1 Å². The van der Waals surface area contributed by atoms with E-state index in [1.54, 1.807) is 7.11 Å². The molecule has 3 aromatic rings. The molecule has 0 saturated heterocycles. The summed E-state index contributed by atoms with van der Waals surface area (Å²) in [6.07, 6.45) is 1.19. The van der Waals surface area contributed by atoms with Gasteiger partial charge in [-0.3, -0.25) is 10.1 Å². The summed E-state index contributed by atoms with van der Waals surface area (Å²) >= 11 is 0. The van der Waals surface area contributed by atoms with E-state index in [1.807, 2.05) is 44.2 Å². The lowest BCUT2D eigenvalue weighted by Crippen LogP contribution is -2.58. The predicted octanol–water partition coefficient (Wildman–Crippen LogP) is 4.14. The van der Waals surface area contributed by atoms with Crippen LogP contribution in [0.15, 0.2) is 48.5 Å². The van der Waals surface area contributed by atoms with Crippen molar-refractivity contribution < 1.29 is 19.0 Å². The molecule has 2 atom stereocenters. The number of aromatic nitrogens is 1. The summed E-state index contributed by atoms with van der Waals surface area (Å²) in [6.45, 7) is 5.26. The van der Waals surface area contributed by atoms with E-state index in [2.05, 4.69) is 28.5 Å². The Labute approximate surface area is 182 Å². The standard InChI is InChI=1S/C25H30N2O4/c1-4-25(24(28)30-5-2)16-20-19-15-18(31-14-13-29-3)11-12-21(19)26-23(20)22(27-25)17-9-7-6-8-10-17/h6-12,15,22,26-27H,4-5,13-14,16H2,1-3H3. The number of benzene rings is 2. The van der Waals surface area contributed by atoms with Crippen molar-refractivity contribution in [3.05, 3.63) is 65.4 Å². The Morgan fingerprint density at radius 1 is 1.13 bits per heavy atom. The van der Waals surface area contributed by atoms with E-state index < -0.39 is 5.54 Å². The summed E-state index contributed by atoms with van der Waals surface area (Å²) in [7, 11) is 1.66. The van der Waals surface area contributed by atoms with Crippen LogP contribution < -0.4 is 10.1 Å². The predicted molar refractivity (Wildman–Crippen MR) is 120 cm³/mol. The number of methoxy groups -OCH3 is 1. The number of carbonyl (C=O) groups excluding carboxylic acids is 1. The van der Waals surface area contributed by atoms with E-state index >= 15 is 0 Å². The Morgan fingerprint density at radius 2 is 1.94 bits per heavy atom. The summed E-state index contributed by atoms with van der Waals surface area (Å²) < 4.78 is 16.4. The average Bonchev–Trinajstić information content (AvgIpc) is 3.17. The number of hydrogen-bond acceptors (Lipinski definition) is 5. The Morgan fingerprint density at radius 3 is 2.65 bits per heavy atom. The fourth-order valence-corrected chi connectivity index (χ4v) is 4.39. The molecular formula is C25H30N2O4. The lowest BCUT2D eigenvalue weighted by Gasteiger charge is -2.40. The molecule has 6 nitrogen and oxygen atoms in total. The second kappa shape index (κ2) is 9.12. The Kier molecular flexibility index (Phi) is 6.30. The SMILES string of the molecule is CCOC(=O)C1(CC)Cc2c([nH]c3ccc(OCCOC)cc23)C(c2ccccc2)N1. The first-order valence-corrected chi connectivity index (χ1v) is 10.9. The highest BCUT2D eigenvalue weighted by Crippen LogP contribution is 2.40. The van der Waals surface area contributed by atoms with Gasteiger partial charge in [0.05, 0.1) is 19.3 Å². The topological polar surface area (TPSA) is 72.6 Å². The normalized spacial score (nSPS) is 20.4. The average molecular weight is 423 g/mol. The largest absolute Gasteiger partial charge is 0.491 e. The Hall–Kier alpha value is -2.83. The molecule has 1 aliphatic rings. The van der Waals surface area contributed by atoms with Gasteiger partial charge in [0.2, 0.25) is 0 Å². The lowest BCUT2D eigenvalue weighted by atomic mass is 9.80. The molecular weight excluding hydrogens is 392 g/mol. The first-order chi connectivity index (χ1) is 15.1. The molecule has 0 aliphatic carbocycles. The minimum absolute atomic E-state index is 0.139. The van der Waals surface area contributed by atoms with Crippen molar-refractivity contribution in [2.45, 2.75) is 38.3 Å². The highest BCUT2D eigenvalue weighted by atomic mass is 16.5. The van der Waals surface area contributed by atoms with Crippen molar-refractivity contribution >= 4 is 16.9 Å². The monoisotopic (exact) mass is 422 g/mol. The lowest BCUT2D eigenvalue weighted by molar-refractivity contribution is -0.152. The number of rotatable bonds is 8. The van der Waals surface area contributed by atoms with Gasteiger partial charge in [-0.2, -0.15) is 0 Å². The summed E-state index contributed by atoms with van der Waals surface area (Å²) in [5, 5.41) is 4.72. The minimum atomic E-state index is -0.786. The van der Waals surface area contributed by atoms with Gasteiger partial charge in [-0.1, -0.05) is 37.3 Å². The number of fused-ring (bicyclic) bond motifs is 3. The fourth-order valence-electron chi connectivity index (χ4n) is 4.39. The maximum atomic E-state index is 13.1. The third kappa shape index (κ3) is 4.05. The van der Waals surface area contributed by atoms with E-state index in [0.29, 0.717) is 32.7 Å². The van der Waals surface area contributed by atoms with Crippen molar-refractivity contribution in [1.29, 1.82) is 0 Å². The van der Waals surface area contributed by atoms with E-state index in [-0.39, 0.29) is 12.0 Å². The molecule has 0 bridgehead atoms. The molecule has 0 spiro atoms. The molecule has 0 amide bonds. The van der Waals surface area contributed by atoms with Gasteiger partial charge in [0.15, 0.2) is 0 Å². The molecule has 2 heterocycles. The van der Waals surface area contributed by atoms with Gasteiger partial charge in [0.25, 0.3) is 0 Å². The van der Waals surface area contributed by atoms with Crippen molar-refractivity contribution in [3.8, 4) is 5.75 Å². The molecule has 0 saturated carbocycles. The highest BCUT2D eigenvalue weighted by molar-refractivity contribution is 5.90. The van der Waals surface area contributed by atoms with Crippen LogP contribution in [0, 0.1) is 0 Å². The third-order valence-corrected chi connectivity index (χ3v) is 6.06. The molecule has 2 aromatic carbocycles. The molecule has 6 heteroatoms. The molecule has 4 rings (SSSR count). The molecule has 1 aliphatic heterocycles. The molecule has 2 N–H and O–H groups in total. The van der Waals surface area contributed by atoms with Crippen LogP contribution in [0.1, 0.15) is 43.1 Å². The number of esters is 1. The number of hydrogen-bond donors (Lipinski definition) is 2. The van der Waals surface area contributed by atoms with Crippen LogP contribution in [-0.2, 0) is 20.7 Å². The summed E-state index contributed by atoms with van der Waals surface area (Å²) in [6, 6.07) is 16.1. The Balaban J connectivity index is 1.82. The second-order valence-corrected chi connectivity index (χ2v) is 7.89. The maximum Gasteiger partial charge on any atom is 0.326 e. The molecule has 2 unspecified atom stereocenters. The van der Waals surface area contributed by atoms with Crippen LogP contribution >= 0.6 is 0 Å². The maximum absolute atomic E-state index is 13.1. The number of H-pyrrole nitrogens is 1. The molecule has 1 aromatic heterocycles. The van der Waals surface area contributed by atoms with Crippen molar-refractivity contribution in [2.24, 2.45) is 0 Å². The first kappa shape index (κ1) is 21.4. The van der Waals surface area contributed by atoms with E-state index in [4.69, 9.17) is 14.2 Å². The number of carbonyl (C=O) groups is 1. The van der Waals surface area contributed by atoms with Gasteiger partial charge in [-0.25, -0.2) is 0 Å². The van der Waals surface area contributed by atoms with Crippen LogP contribution in [0.4, 0.5) is 0 Å². The number of ether oxygens (including phenoxy) is 3. The van der Waals surface area contributed by atoms with Crippen LogP contribution in [0.2, 0.25) is 0 Å². The third-order valence-electron chi connectivity index (χ3n) is 6.06. The zero-order chi connectivity index (χ0) is 21.8. The van der Waals surface area contributed by atoms with Crippen LogP contribution in [-0.4, -0.2) is 43.4 Å². The van der Waals surface area contributed by atoms with Gasteiger partial charge >= 0.3 is 5.97 Å². The quantitative estimate of drug-likeness (QED) is 0.422. The number of nitrogens with one attached hydrogen (secondary N) is 2. The van der Waals surface area contributed by atoms with Crippen LogP contribution in [0.25, 0.3) is 10.9 Å². The molecule has 31 heavy (non-hydrogen) atoms. The summed E-state index contributed by atoms with van der Waals surface area (Å²) in [4.78, 5) is 16.7. The van der Waals surface area contributed by atoms with Crippen molar-refractivity contribution in [3.63, 3.8) is 0 Å². The van der Waals surface area contributed by atoms with Gasteiger partial charge < -0.3 is 19.2 Å². The zero-order valence-corrected chi connectivity index (χ0v) is 18.4.